The molecule has 3 rings (SSSR count). The molecule has 7 nitrogen and oxygen atoms in total. The van der Waals surface area contributed by atoms with Crippen LogP contribution in [0.5, 0.6) is 0 Å². The molecule has 1 N–H and O–H groups in total. The molecular formula is C29H29Cl3F3N3O4S. The van der Waals surface area contributed by atoms with E-state index >= 15 is 0 Å². The van der Waals surface area contributed by atoms with Gasteiger partial charge in [-0.25, -0.2) is 8.42 Å². The zero-order chi connectivity index (χ0) is 31.9. The summed E-state index contributed by atoms with van der Waals surface area (Å²) in [5.74, 6) is -1.42. The fourth-order valence-corrected chi connectivity index (χ4v) is 5.89. The van der Waals surface area contributed by atoms with Crippen LogP contribution in [-0.2, 0) is 38.8 Å². The summed E-state index contributed by atoms with van der Waals surface area (Å²) in [5.41, 5.74) is -0.710. The van der Waals surface area contributed by atoms with E-state index in [1.807, 2.05) is 6.92 Å². The smallest absolute Gasteiger partial charge is 0.354 e. The third-order valence-electron chi connectivity index (χ3n) is 6.43. The quantitative estimate of drug-likeness (QED) is 0.234. The van der Waals surface area contributed by atoms with Gasteiger partial charge in [0.05, 0.1) is 22.5 Å². The van der Waals surface area contributed by atoms with Crippen LogP contribution >= 0.6 is 34.8 Å². The van der Waals surface area contributed by atoms with Crippen molar-refractivity contribution in [2.75, 3.05) is 23.7 Å². The lowest BCUT2D eigenvalue weighted by Gasteiger charge is -2.34. The monoisotopic (exact) mass is 677 g/mol. The van der Waals surface area contributed by atoms with Gasteiger partial charge >= 0.3 is 6.18 Å². The number of alkyl halides is 3. The molecule has 232 valence electrons. The van der Waals surface area contributed by atoms with Gasteiger partial charge in [0.25, 0.3) is 0 Å². The number of hydrogen-bond donors (Lipinski definition) is 1. The molecule has 0 aliphatic rings. The summed E-state index contributed by atoms with van der Waals surface area (Å²) >= 11 is 19.0. The van der Waals surface area contributed by atoms with Crippen LogP contribution in [0.3, 0.4) is 0 Å². The molecule has 0 spiro atoms. The lowest BCUT2D eigenvalue weighted by molar-refractivity contribution is -0.140. The Morgan fingerprint density at radius 2 is 1.56 bits per heavy atom. The minimum atomic E-state index is -4.81. The van der Waals surface area contributed by atoms with Crippen LogP contribution in [0.1, 0.15) is 30.0 Å². The Morgan fingerprint density at radius 3 is 2.12 bits per heavy atom. The Balaban J connectivity index is 2.15. The van der Waals surface area contributed by atoms with Crippen LogP contribution < -0.4 is 9.62 Å². The molecule has 14 heteroatoms. The van der Waals surface area contributed by atoms with Gasteiger partial charge in [0, 0.05) is 35.1 Å². The van der Waals surface area contributed by atoms with Gasteiger partial charge in [-0.15, -0.1) is 0 Å². The van der Waals surface area contributed by atoms with Crippen molar-refractivity contribution in [1.82, 2.24) is 10.2 Å². The van der Waals surface area contributed by atoms with Crippen molar-refractivity contribution in [1.29, 1.82) is 0 Å². The standard InChI is InChI=1S/C29H29Cl3F3N3O4S/c1-3-14-36-28(40)26(15-19-8-5-4-6-9-19)37(17-21-22(30)10-7-11-23(21)31)27(39)18-38(43(2,41)42)25-16-20(29(33,34)35)12-13-24(25)32/h4-13,16,26H,3,14-15,17-18H2,1-2H3,(H,36,40). The first kappa shape index (κ1) is 34.5. The molecule has 2 amide bonds. The van der Waals surface area contributed by atoms with E-state index in [4.69, 9.17) is 34.8 Å². The van der Waals surface area contributed by atoms with Crippen LogP contribution in [0.2, 0.25) is 15.1 Å². The molecule has 0 heterocycles. The van der Waals surface area contributed by atoms with Gasteiger partial charge in [0.2, 0.25) is 21.8 Å². The van der Waals surface area contributed by atoms with E-state index in [2.05, 4.69) is 5.32 Å². The zero-order valence-electron chi connectivity index (χ0n) is 23.2. The molecule has 0 fully saturated rings. The van der Waals surface area contributed by atoms with Gasteiger partial charge in [0.1, 0.15) is 12.6 Å². The Hall–Kier alpha value is -2.99. The Labute approximate surface area is 263 Å². The van der Waals surface area contributed by atoms with Gasteiger partial charge in [0.15, 0.2) is 0 Å². The SMILES string of the molecule is CCCNC(=O)C(Cc1ccccc1)N(Cc1c(Cl)cccc1Cl)C(=O)CN(c1cc(C(F)(F)F)ccc1Cl)S(C)(=O)=O. The highest BCUT2D eigenvalue weighted by Crippen LogP contribution is 2.36. The normalized spacial score (nSPS) is 12.5. The van der Waals surface area contributed by atoms with Gasteiger partial charge in [-0.1, -0.05) is 78.1 Å². The summed E-state index contributed by atoms with van der Waals surface area (Å²) in [6.07, 6.45) is -3.43. The number of amides is 2. The van der Waals surface area contributed by atoms with Gasteiger partial charge in [-0.2, -0.15) is 13.2 Å². The average molecular weight is 679 g/mol. The molecule has 1 atom stereocenters. The number of halogens is 6. The predicted octanol–water partition coefficient (Wildman–Crippen LogP) is 6.60. The van der Waals surface area contributed by atoms with E-state index in [1.165, 1.54) is 0 Å². The number of rotatable bonds is 12. The van der Waals surface area contributed by atoms with Crippen molar-refractivity contribution in [3.05, 3.63) is 98.5 Å². The number of nitrogens with zero attached hydrogens (tertiary/aromatic N) is 2. The molecule has 0 saturated heterocycles. The fourth-order valence-electron chi connectivity index (χ4n) is 4.25. The number of anilines is 1. The first-order chi connectivity index (χ1) is 20.1. The molecule has 1 unspecified atom stereocenters. The molecule has 0 saturated carbocycles. The van der Waals surface area contributed by atoms with Crippen molar-refractivity contribution in [2.24, 2.45) is 0 Å². The van der Waals surface area contributed by atoms with Crippen molar-refractivity contribution in [2.45, 2.75) is 38.5 Å². The highest BCUT2D eigenvalue weighted by molar-refractivity contribution is 7.92. The van der Waals surface area contributed by atoms with Crippen LogP contribution in [0.15, 0.2) is 66.7 Å². The number of carbonyl (C=O) groups is 2. The number of nitrogens with one attached hydrogen (secondary N) is 1. The number of hydrogen-bond acceptors (Lipinski definition) is 4. The van der Waals surface area contributed by atoms with E-state index in [0.717, 1.165) is 17.2 Å². The summed E-state index contributed by atoms with van der Waals surface area (Å²) in [5, 5.41) is 2.84. The van der Waals surface area contributed by atoms with Gasteiger partial charge in [-0.3, -0.25) is 13.9 Å². The fraction of sp³-hybridized carbons (Fsp3) is 0.310. The van der Waals surface area contributed by atoms with E-state index in [9.17, 15) is 31.2 Å². The molecule has 43 heavy (non-hydrogen) atoms. The second-order valence-corrected chi connectivity index (χ2v) is 12.8. The zero-order valence-corrected chi connectivity index (χ0v) is 26.3. The summed E-state index contributed by atoms with van der Waals surface area (Å²) in [6.45, 7) is 0.882. The second-order valence-electron chi connectivity index (χ2n) is 9.65. The molecule has 0 aliphatic heterocycles. The van der Waals surface area contributed by atoms with E-state index in [0.29, 0.717) is 40.5 Å². The average Bonchev–Trinajstić information content (AvgIpc) is 2.93. The van der Waals surface area contributed by atoms with Gasteiger partial charge in [-0.05, 0) is 42.3 Å². The Kier molecular flexibility index (Phi) is 11.8. The molecule has 0 radical (unpaired) electrons. The highest BCUT2D eigenvalue weighted by Gasteiger charge is 2.36. The largest absolute Gasteiger partial charge is 0.416 e. The number of sulfonamides is 1. The van der Waals surface area contributed by atoms with Crippen LogP contribution in [-0.4, -0.2) is 50.5 Å². The summed E-state index contributed by atoms with van der Waals surface area (Å²) < 4.78 is 66.8. The van der Waals surface area contributed by atoms with Crippen LogP contribution in [0, 0.1) is 0 Å². The third-order valence-corrected chi connectivity index (χ3v) is 8.59. The summed E-state index contributed by atoms with van der Waals surface area (Å²) in [6, 6.07) is 14.5. The Morgan fingerprint density at radius 1 is 0.930 bits per heavy atom. The van der Waals surface area contributed by atoms with Crippen LogP contribution in [0.4, 0.5) is 18.9 Å². The van der Waals surface area contributed by atoms with Crippen molar-refractivity contribution < 1.29 is 31.2 Å². The molecule has 3 aromatic carbocycles. The first-order valence-electron chi connectivity index (χ1n) is 13.0. The van der Waals surface area contributed by atoms with Crippen molar-refractivity contribution in [3.63, 3.8) is 0 Å². The van der Waals surface area contributed by atoms with Crippen molar-refractivity contribution >= 4 is 62.3 Å². The number of benzene rings is 3. The van der Waals surface area contributed by atoms with Crippen molar-refractivity contribution in [3.8, 4) is 0 Å². The second kappa shape index (κ2) is 14.7. The third kappa shape index (κ3) is 9.25. The molecule has 0 bridgehead atoms. The minimum Gasteiger partial charge on any atom is -0.354 e. The molecule has 3 aromatic rings. The maximum atomic E-state index is 14.1. The maximum absolute atomic E-state index is 14.1. The molecular weight excluding hydrogens is 650 g/mol. The molecule has 0 aromatic heterocycles. The highest BCUT2D eigenvalue weighted by atomic mass is 35.5. The first-order valence-corrected chi connectivity index (χ1v) is 16.0. The van der Waals surface area contributed by atoms with E-state index in [-0.39, 0.29) is 28.0 Å². The topological polar surface area (TPSA) is 86.8 Å². The lowest BCUT2D eigenvalue weighted by atomic mass is 10.0. The maximum Gasteiger partial charge on any atom is 0.416 e. The van der Waals surface area contributed by atoms with Gasteiger partial charge < -0.3 is 10.2 Å². The number of carbonyl (C=O) groups excluding carboxylic acids is 2. The molecule has 0 aliphatic carbocycles. The van der Waals surface area contributed by atoms with E-state index < -0.39 is 51.9 Å². The summed E-state index contributed by atoms with van der Waals surface area (Å²) in [7, 11) is -4.36. The van der Waals surface area contributed by atoms with Crippen LogP contribution in [0.25, 0.3) is 0 Å². The minimum absolute atomic E-state index is 0.0351. The predicted molar refractivity (Wildman–Crippen MR) is 163 cm³/mol. The lowest BCUT2D eigenvalue weighted by Crippen LogP contribution is -2.53. The Bertz CT molecular complexity index is 1540. The summed E-state index contributed by atoms with van der Waals surface area (Å²) in [4.78, 5) is 28.7. The van der Waals surface area contributed by atoms with E-state index in [1.54, 1.807) is 48.5 Å².